The van der Waals surface area contributed by atoms with Crippen LogP contribution in [0.25, 0.3) is 11.3 Å². The van der Waals surface area contributed by atoms with Crippen LogP contribution in [0, 0.1) is 0 Å². The van der Waals surface area contributed by atoms with Crippen LogP contribution in [-0.2, 0) is 11.2 Å². The quantitative estimate of drug-likeness (QED) is 0.910. The number of aromatic nitrogens is 1. The van der Waals surface area contributed by atoms with Gasteiger partial charge in [0.05, 0.1) is 5.69 Å². The summed E-state index contributed by atoms with van der Waals surface area (Å²) in [5.41, 5.74) is 2.08. The molecule has 0 radical (unpaired) electrons. The molecule has 1 aromatic carbocycles. The van der Waals surface area contributed by atoms with Gasteiger partial charge in [0.2, 0.25) is 5.91 Å². The molecule has 94 valence electrons. The van der Waals surface area contributed by atoms with Gasteiger partial charge in [-0.3, -0.25) is 4.79 Å². The largest absolute Gasteiger partial charge is 0.302 e. The van der Waals surface area contributed by atoms with Gasteiger partial charge >= 0.3 is 0 Å². The van der Waals surface area contributed by atoms with Gasteiger partial charge in [-0.15, -0.1) is 11.3 Å². The Morgan fingerprint density at radius 2 is 2.00 bits per heavy atom. The number of hydrogen-bond donors (Lipinski definition) is 1. The highest BCUT2D eigenvalue weighted by Gasteiger charge is 2.12. The Hall–Kier alpha value is -1.68. The summed E-state index contributed by atoms with van der Waals surface area (Å²) in [5.74, 6) is 0.00557. The van der Waals surface area contributed by atoms with Crippen molar-refractivity contribution >= 4 is 22.4 Å². The van der Waals surface area contributed by atoms with Crippen molar-refractivity contribution in [2.75, 3.05) is 5.32 Å². The zero-order chi connectivity index (χ0) is 13.0. The van der Waals surface area contributed by atoms with Gasteiger partial charge < -0.3 is 5.32 Å². The number of aryl methyl sites for hydroxylation is 1. The van der Waals surface area contributed by atoms with Gasteiger partial charge in [-0.2, -0.15) is 0 Å². The minimum atomic E-state index is 0.00557. The molecule has 0 unspecified atom stereocenters. The summed E-state index contributed by atoms with van der Waals surface area (Å²) in [7, 11) is 0. The summed E-state index contributed by atoms with van der Waals surface area (Å²) in [4.78, 5) is 17.1. The molecule has 4 heteroatoms. The van der Waals surface area contributed by atoms with Crippen molar-refractivity contribution in [2.45, 2.75) is 26.7 Å². The van der Waals surface area contributed by atoms with Crippen LogP contribution >= 0.6 is 11.3 Å². The Labute approximate surface area is 111 Å². The lowest BCUT2D eigenvalue weighted by atomic mass is 10.1. The van der Waals surface area contributed by atoms with Gasteiger partial charge in [0.1, 0.15) is 0 Å². The zero-order valence-electron chi connectivity index (χ0n) is 10.6. The number of hydrogen-bond acceptors (Lipinski definition) is 3. The third-order valence-corrected chi connectivity index (χ3v) is 3.75. The van der Waals surface area contributed by atoms with Crippen molar-refractivity contribution < 1.29 is 4.79 Å². The molecule has 1 heterocycles. The lowest BCUT2D eigenvalue weighted by Crippen LogP contribution is -2.08. The van der Waals surface area contributed by atoms with Crippen LogP contribution in [0.4, 0.5) is 5.13 Å². The van der Waals surface area contributed by atoms with E-state index in [1.54, 1.807) is 11.3 Å². The maximum atomic E-state index is 11.4. The first-order chi connectivity index (χ1) is 8.74. The molecule has 0 spiro atoms. The molecule has 1 aromatic heterocycles. The molecule has 2 rings (SSSR count). The molecule has 0 saturated heterocycles. The highest BCUT2D eigenvalue weighted by atomic mass is 32.1. The topological polar surface area (TPSA) is 42.0 Å². The molecule has 0 aliphatic carbocycles. The van der Waals surface area contributed by atoms with Gasteiger partial charge in [-0.1, -0.05) is 44.2 Å². The van der Waals surface area contributed by atoms with Crippen LogP contribution in [0.1, 0.15) is 25.1 Å². The fourth-order valence-electron chi connectivity index (χ4n) is 1.67. The summed E-state index contributed by atoms with van der Waals surface area (Å²) < 4.78 is 0. The molecule has 3 nitrogen and oxygen atoms in total. The Bertz CT molecular complexity index is 534. The SMILES string of the molecule is CCC(=O)Nc1nc(-c2ccccc2)c(CC)s1. The minimum absolute atomic E-state index is 0.00557. The Morgan fingerprint density at radius 3 is 2.61 bits per heavy atom. The van der Waals surface area contributed by atoms with Crippen LogP contribution in [0.5, 0.6) is 0 Å². The van der Waals surface area contributed by atoms with E-state index in [2.05, 4.69) is 17.2 Å². The normalized spacial score (nSPS) is 10.3. The maximum absolute atomic E-state index is 11.4. The summed E-state index contributed by atoms with van der Waals surface area (Å²) >= 11 is 1.55. The van der Waals surface area contributed by atoms with Gasteiger partial charge in [-0.25, -0.2) is 4.98 Å². The summed E-state index contributed by atoms with van der Waals surface area (Å²) in [6.45, 7) is 3.94. The highest BCUT2D eigenvalue weighted by molar-refractivity contribution is 7.16. The number of carbonyl (C=O) groups is 1. The molecule has 0 saturated carbocycles. The van der Waals surface area contributed by atoms with Crippen LogP contribution in [0.3, 0.4) is 0 Å². The minimum Gasteiger partial charge on any atom is -0.302 e. The van der Waals surface area contributed by atoms with Gasteiger partial charge in [0.25, 0.3) is 0 Å². The Morgan fingerprint density at radius 1 is 1.28 bits per heavy atom. The predicted octanol–water partition coefficient (Wildman–Crippen LogP) is 3.72. The van der Waals surface area contributed by atoms with E-state index in [0.29, 0.717) is 11.6 Å². The molecule has 2 aromatic rings. The molecule has 0 aliphatic rings. The Kier molecular flexibility index (Phi) is 4.10. The molecule has 0 bridgehead atoms. The number of nitrogens with zero attached hydrogens (tertiary/aromatic N) is 1. The van der Waals surface area contributed by atoms with Gasteiger partial charge in [0.15, 0.2) is 5.13 Å². The van der Waals surface area contributed by atoms with Crippen molar-refractivity contribution in [3.8, 4) is 11.3 Å². The maximum Gasteiger partial charge on any atom is 0.225 e. The number of benzene rings is 1. The van der Waals surface area contributed by atoms with E-state index in [1.165, 1.54) is 4.88 Å². The molecule has 1 amide bonds. The lowest BCUT2D eigenvalue weighted by molar-refractivity contribution is -0.115. The number of anilines is 1. The van der Waals surface area contributed by atoms with Crippen LogP contribution in [0.15, 0.2) is 30.3 Å². The van der Waals surface area contributed by atoms with E-state index in [4.69, 9.17) is 0 Å². The first kappa shape index (κ1) is 12.8. The van der Waals surface area contributed by atoms with Crippen molar-refractivity contribution in [2.24, 2.45) is 0 Å². The van der Waals surface area contributed by atoms with Crippen molar-refractivity contribution in [3.63, 3.8) is 0 Å². The zero-order valence-corrected chi connectivity index (χ0v) is 11.4. The number of nitrogens with one attached hydrogen (secondary N) is 1. The fourth-order valence-corrected chi connectivity index (χ4v) is 2.61. The molecule has 0 aliphatic heterocycles. The molecule has 0 atom stereocenters. The molecule has 18 heavy (non-hydrogen) atoms. The first-order valence-electron chi connectivity index (χ1n) is 6.09. The van der Waals surface area contributed by atoms with Crippen molar-refractivity contribution in [1.29, 1.82) is 0 Å². The van der Waals surface area contributed by atoms with E-state index in [9.17, 15) is 4.79 Å². The van der Waals surface area contributed by atoms with E-state index in [-0.39, 0.29) is 5.91 Å². The van der Waals surface area contributed by atoms with Gasteiger partial charge in [-0.05, 0) is 6.42 Å². The van der Waals surface area contributed by atoms with E-state index in [0.717, 1.165) is 17.7 Å². The second-order valence-electron chi connectivity index (χ2n) is 3.91. The predicted molar refractivity (Wildman–Crippen MR) is 75.8 cm³/mol. The number of rotatable bonds is 4. The monoisotopic (exact) mass is 260 g/mol. The van der Waals surface area contributed by atoms with Crippen LogP contribution in [-0.4, -0.2) is 10.9 Å². The van der Waals surface area contributed by atoms with Crippen molar-refractivity contribution in [3.05, 3.63) is 35.2 Å². The number of amides is 1. The van der Waals surface area contributed by atoms with E-state index >= 15 is 0 Å². The second-order valence-corrected chi connectivity index (χ2v) is 5.00. The lowest BCUT2D eigenvalue weighted by Gasteiger charge is -1.98. The second kappa shape index (κ2) is 5.78. The average molecular weight is 260 g/mol. The first-order valence-corrected chi connectivity index (χ1v) is 6.91. The highest BCUT2D eigenvalue weighted by Crippen LogP contribution is 2.31. The van der Waals surface area contributed by atoms with Crippen molar-refractivity contribution in [1.82, 2.24) is 4.98 Å². The molecular formula is C14H16N2OS. The van der Waals surface area contributed by atoms with Crippen LogP contribution in [0.2, 0.25) is 0 Å². The van der Waals surface area contributed by atoms with E-state index < -0.39 is 0 Å². The standard InChI is InChI=1S/C14H16N2OS/c1-3-11-13(10-8-6-5-7-9-10)16-14(18-11)15-12(17)4-2/h5-9H,3-4H2,1-2H3,(H,15,16,17). The summed E-state index contributed by atoms with van der Waals surface area (Å²) in [6, 6.07) is 10.1. The van der Waals surface area contributed by atoms with E-state index in [1.807, 2.05) is 37.3 Å². The average Bonchev–Trinajstić information content (AvgIpc) is 2.82. The fraction of sp³-hybridized carbons (Fsp3) is 0.286. The van der Waals surface area contributed by atoms with Crippen LogP contribution < -0.4 is 5.32 Å². The molecule has 1 N–H and O–H groups in total. The third-order valence-electron chi connectivity index (χ3n) is 2.63. The Balaban J connectivity index is 2.33. The number of carbonyl (C=O) groups excluding carboxylic acids is 1. The smallest absolute Gasteiger partial charge is 0.225 e. The summed E-state index contributed by atoms with van der Waals surface area (Å²) in [6.07, 6.45) is 1.39. The van der Waals surface area contributed by atoms with Gasteiger partial charge in [0, 0.05) is 16.9 Å². The third kappa shape index (κ3) is 2.76. The summed E-state index contributed by atoms with van der Waals surface area (Å²) in [5, 5.41) is 3.52. The molecule has 0 fully saturated rings. The molecular weight excluding hydrogens is 244 g/mol. The number of thiazole rings is 1.